The molecule has 0 radical (unpaired) electrons. The zero-order chi connectivity index (χ0) is 8.10. The smallest absolute Gasteiger partial charge is 0.145 e. The molecule has 4 N–H and O–H groups in total. The third-order valence-corrected chi connectivity index (χ3v) is 1.52. The summed E-state index contributed by atoms with van der Waals surface area (Å²) in [5.41, 5.74) is 6.53. The van der Waals surface area contributed by atoms with E-state index in [0.717, 1.165) is 25.1 Å². The van der Waals surface area contributed by atoms with Gasteiger partial charge in [0.1, 0.15) is 5.82 Å². The second kappa shape index (κ2) is 3.98. The minimum absolute atomic E-state index is 0.574. The summed E-state index contributed by atoms with van der Waals surface area (Å²) >= 11 is 0. The van der Waals surface area contributed by atoms with E-state index in [1.807, 2.05) is 13.1 Å². The van der Waals surface area contributed by atoms with E-state index < -0.39 is 0 Å². The molecule has 0 aromatic carbocycles. The zero-order valence-corrected chi connectivity index (χ0v) is 6.72. The molecule has 1 aromatic rings. The highest BCUT2D eigenvalue weighted by atomic mass is 15.1. The molecule has 1 aromatic heterocycles. The van der Waals surface area contributed by atoms with Gasteiger partial charge < -0.3 is 11.1 Å². The summed E-state index contributed by atoms with van der Waals surface area (Å²) in [5, 5.41) is 9.77. The number of nitrogens with zero attached hydrogens (tertiary/aromatic N) is 1. The van der Waals surface area contributed by atoms with Gasteiger partial charge in [-0.05, 0) is 26.4 Å². The summed E-state index contributed by atoms with van der Waals surface area (Å²) in [4.78, 5) is 0. The second-order valence-electron chi connectivity index (χ2n) is 2.53. The van der Waals surface area contributed by atoms with Crippen LogP contribution in [0.2, 0.25) is 0 Å². The van der Waals surface area contributed by atoms with Gasteiger partial charge in [-0.2, -0.15) is 5.10 Å². The van der Waals surface area contributed by atoms with Gasteiger partial charge in [-0.3, -0.25) is 5.10 Å². The average molecular weight is 154 g/mol. The van der Waals surface area contributed by atoms with Gasteiger partial charge in [0, 0.05) is 11.8 Å². The fourth-order valence-corrected chi connectivity index (χ4v) is 0.963. The average Bonchev–Trinajstić information content (AvgIpc) is 2.37. The van der Waals surface area contributed by atoms with E-state index in [1.165, 1.54) is 0 Å². The highest BCUT2D eigenvalue weighted by molar-refractivity contribution is 5.28. The Morgan fingerprint density at radius 3 is 3.09 bits per heavy atom. The third kappa shape index (κ3) is 2.59. The molecule has 62 valence electrons. The van der Waals surface area contributed by atoms with Crippen LogP contribution < -0.4 is 11.1 Å². The number of nitrogen functional groups attached to an aromatic ring is 1. The molecule has 0 fully saturated rings. The standard InChI is InChI=1S/C7H14N4/c1-9-4-2-3-6-5-7(8)11-10-6/h5,9H,2-4H2,1H3,(H3,8,10,11). The predicted octanol–water partition coefficient (Wildman–Crippen LogP) is 0.144. The van der Waals surface area contributed by atoms with Crippen molar-refractivity contribution in [3.05, 3.63) is 11.8 Å². The Morgan fingerprint density at radius 1 is 1.73 bits per heavy atom. The van der Waals surface area contributed by atoms with Gasteiger partial charge in [0.25, 0.3) is 0 Å². The fraction of sp³-hybridized carbons (Fsp3) is 0.571. The number of H-pyrrole nitrogens is 1. The third-order valence-electron chi connectivity index (χ3n) is 1.52. The summed E-state index contributed by atoms with van der Waals surface area (Å²) in [6, 6.07) is 1.87. The van der Waals surface area contributed by atoms with Crippen LogP contribution in [0.25, 0.3) is 0 Å². The lowest BCUT2D eigenvalue weighted by atomic mass is 10.2. The van der Waals surface area contributed by atoms with Gasteiger partial charge in [-0.15, -0.1) is 0 Å². The lowest BCUT2D eigenvalue weighted by molar-refractivity contribution is 0.713. The Balaban J connectivity index is 2.27. The molecule has 1 rings (SSSR count). The van der Waals surface area contributed by atoms with Crippen LogP contribution in [-0.4, -0.2) is 23.8 Å². The summed E-state index contributed by atoms with van der Waals surface area (Å²) < 4.78 is 0. The van der Waals surface area contributed by atoms with Crippen molar-refractivity contribution in [3.8, 4) is 0 Å². The number of hydrogen-bond donors (Lipinski definition) is 3. The van der Waals surface area contributed by atoms with Crippen molar-refractivity contribution < 1.29 is 0 Å². The van der Waals surface area contributed by atoms with E-state index >= 15 is 0 Å². The van der Waals surface area contributed by atoms with Crippen LogP contribution in [0, 0.1) is 0 Å². The maximum absolute atomic E-state index is 5.42. The van der Waals surface area contributed by atoms with Crippen LogP contribution in [0.5, 0.6) is 0 Å². The molecule has 0 spiro atoms. The Hall–Kier alpha value is -1.03. The van der Waals surface area contributed by atoms with E-state index in [2.05, 4.69) is 15.5 Å². The molecule has 4 nitrogen and oxygen atoms in total. The lowest BCUT2D eigenvalue weighted by Gasteiger charge is -1.95. The van der Waals surface area contributed by atoms with Crippen molar-refractivity contribution in [3.63, 3.8) is 0 Å². The molecule has 11 heavy (non-hydrogen) atoms. The number of aromatic nitrogens is 2. The quantitative estimate of drug-likeness (QED) is 0.540. The molecular weight excluding hydrogens is 140 g/mol. The second-order valence-corrected chi connectivity index (χ2v) is 2.53. The predicted molar refractivity (Wildman–Crippen MR) is 45.2 cm³/mol. The van der Waals surface area contributed by atoms with E-state index in [9.17, 15) is 0 Å². The minimum Gasteiger partial charge on any atom is -0.382 e. The van der Waals surface area contributed by atoms with Crippen molar-refractivity contribution in [2.45, 2.75) is 12.8 Å². The molecule has 1 heterocycles. The van der Waals surface area contributed by atoms with Crippen LogP contribution in [0.15, 0.2) is 6.07 Å². The van der Waals surface area contributed by atoms with Crippen LogP contribution in [0.4, 0.5) is 5.82 Å². The number of nitrogens with two attached hydrogens (primary N) is 1. The van der Waals surface area contributed by atoms with Gasteiger partial charge in [-0.1, -0.05) is 0 Å². The van der Waals surface area contributed by atoms with Gasteiger partial charge in [-0.25, -0.2) is 0 Å². The molecule has 0 saturated carbocycles. The van der Waals surface area contributed by atoms with E-state index in [-0.39, 0.29) is 0 Å². The van der Waals surface area contributed by atoms with E-state index in [4.69, 9.17) is 5.73 Å². The number of aryl methyl sites for hydroxylation is 1. The molecule has 0 aliphatic heterocycles. The largest absolute Gasteiger partial charge is 0.382 e. The molecule has 0 bridgehead atoms. The van der Waals surface area contributed by atoms with Crippen LogP contribution >= 0.6 is 0 Å². The van der Waals surface area contributed by atoms with E-state index in [0.29, 0.717) is 5.82 Å². The van der Waals surface area contributed by atoms with Crippen molar-refractivity contribution in [1.29, 1.82) is 0 Å². The monoisotopic (exact) mass is 154 g/mol. The zero-order valence-electron chi connectivity index (χ0n) is 6.72. The van der Waals surface area contributed by atoms with Crippen molar-refractivity contribution in [2.75, 3.05) is 19.3 Å². The van der Waals surface area contributed by atoms with Crippen molar-refractivity contribution in [1.82, 2.24) is 15.5 Å². The molecular formula is C7H14N4. The highest BCUT2D eigenvalue weighted by Gasteiger charge is 1.95. The number of hydrogen-bond acceptors (Lipinski definition) is 3. The lowest BCUT2D eigenvalue weighted by Crippen LogP contribution is -2.08. The SMILES string of the molecule is CNCCCc1cc(N)n[nH]1. The van der Waals surface area contributed by atoms with Gasteiger partial charge >= 0.3 is 0 Å². The van der Waals surface area contributed by atoms with Crippen molar-refractivity contribution in [2.24, 2.45) is 0 Å². The first-order valence-corrected chi connectivity index (χ1v) is 3.77. The summed E-state index contributed by atoms with van der Waals surface area (Å²) in [6.45, 7) is 1.03. The molecule has 0 saturated heterocycles. The van der Waals surface area contributed by atoms with Gasteiger partial charge in [0.05, 0.1) is 0 Å². The molecule has 0 aliphatic rings. The molecule has 0 aliphatic carbocycles. The fourth-order valence-electron chi connectivity index (χ4n) is 0.963. The summed E-state index contributed by atoms with van der Waals surface area (Å²) in [6.07, 6.45) is 2.11. The molecule has 0 atom stereocenters. The maximum Gasteiger partial charge on any atom is 0.145 e. The number of aromatic amines is 1. The van der Waals surface area contributed by atoms with Gasteiger partial charge in [0.15, 0.2) is 0 Å². The Bertz CT molecular complexity index is 206. The summed E-state index contributed by atoms with van der Waals surface area (Å²) in [7, 11) is 1.95. The number of nitrogens with one attached hydrogen (secondary N) is 2. The molecule has 4 heteroatoms. The first-order chi connectivity index (χ1) is 5.33. The first-order valence-electron chi connectivity index (χ1n) is 3.77. The maximum atomic E-state index is 5.42. The first kappa shape index (κ1) is 8.07. The van der Waals surface area contributed by atoms with E-state index in [1.54, 1.807) is 0 Å². The minimum atomic E-state index is 0.574. The van der Waals surface area contributed by atoms with Crippen LogP contribution in [0.1, 0.15) is 12.1 Å². The topological polar surface area (TPSA) is 66.7 Å². The number of rotatable bonds is 4. The Labute approximate surface area is 66.2 Å². The highest BCUT2D eigenvalue weighted by Crippen LogP contribution is 2.02. The Morgan fingerprint density at radius 2 is 2.55 bits per heavy atom. The summed E-state index contributed by atoms with van der Waals surface area (Å²) in [5.74, 6) is 0.574. The number of anilines is 1. The van der Waals surface area contributed by atoms with Crippen molar-refractivity contribution >= 4 is 5.82 Å². The van der Waals surface area contributed by atoms with Crippen LogP contribution in [-0.2, 0) is 6.42 Å². The van der Waals surface area contributed by atoms with Crippen LogP contribution in [0.3, 0.4) is 0 Å². The molecule has 0 unspecified atom stereocenters. The van der Waals surface area contributed by atoms with Gasteiger partial charge in [0.2, 0.25) is 0 Å². The Kier molecular flexibility index (Phi) is 2.92. The normalized spacial score (nSPS) is 10.3. The molecule has 0 amide bonds.